The number of alkyl halides is 1. The summed E-state index contributed by atoms with van der Waals surface area (Å²) in [6, 6.07) is 5.92. The molecule has 16 heavy (non-hydrogen) atoms. The third-order valence-electron chi connectivity index (χ3n) is 2.78. The lowest BCUT2D eigenvalue weighted by Gasteiger charge is -2.14. The van der Waals surface area contributed by atoms with Gasteiger partial charge in [-0.2, -0.15) is 0 Å². The minimum absolute atomic E-state index is 0.618. The van der Waals surface area contributed by atoms with Crippen LogP contribution in [0.4, 0.5) is 0 Å². The molecule has 0 amide bonds. The molecule has 1 aromatic rings. The lowest BCUT2D eigenvalue weighted by Crippen LogP contribution is -2.10. The normalized spacial score (nSPS) is 10.8. The zero-order chi connectivity index (χ0) is 12.0. The first-order valence-corrected chi connectivity index (χ1v) is 7.18. The Balaban J connectivity index is 2.60. The van der Waals surface area contributed by atoms with Gasteiger partial charge in [-0.05, 0) is 23.6 Å². The third kappa shape index (κ3) is 3.99. The van der Waals surface area contributed by atoms with Gasteiger partial charge < -0.3 is 4.74 Å². The molecule has 0 aliphatic carbocycles. The molecule has 0 fully saturated rings. The molecule has 90 valence electrons. The Hall–Kier alpha value is -0.210. The molecule has 0 aromatic heterocycles. The van der Waals surface area contributed by atoms with Crippen LogP contribution in [-0.2, 0) is 5.33 Å². The maximum absolute atomic E-state index is 6.13. The van der Waals surface area contributed by atoms with E-state index in [1.165, 1.54) is 5.56 Å². The van der Waals surface area contributed by atoms with Gasteiger partial charge in [-0.25, -0.2) is 0 Å². The van der Waals surface area contributed by atoms with Gasteiger partial charge in [-0.3, -0.25) is 0 Å². The van der Waals surface area contributed by atoms with Crippen LogP contribution in [0.15, 0.2) is 18.2 Å². The van der Waals surface area contributed by atoms with Gasteiger partial charge >= 0.3 is 0 Å². The molecule has 1 aromatic carbocycles. The monoisotopic (exact) mass is 304 g/mol. The number of hydrogen-bond donors (Lipinski definition) is 0. The van der Waals surface area contributed by atoms with Crippen LogP contribution < -0.4 is 4.74 Å². The lowest BCUT2D eigenvalue weighted by atomic mass is 10.1. The molecule has 0 bridgehead atoms. The van der Waals surface area contributed by atoms with Crippen molar-refractivity contribution in [2.75, 3.05) is 6.61 Å². The van der Waals surface area contributed by atoms with Gasteiger partial charge in [-0.15, -0.1) is 0 Å². The van der Waals surface area contributed by atoms with Crippen LogP contribution in [0.2, 0.25) is 5.02 Å². The molecule has 0 aliphatic rings. The summed E-state index contributed by atoms with van der Waals surface area (Å²) >= 11 is 9.53. The van der Waals surface area contributed by atoms with Crippen molar-refractivity contribution in [2.45, 2.75) is 32.0 Å². The molecule has 0 unspecified atom stereocenters. The molecular weight excluding hydrogens is 287 g/mol. The van der Waals surface area contributed by atoms with E-state index in [-0.39, 0.29) is 0 Å². The van der Waals surface area contributed by atoms with E-state index in [2.05, 4.69) is 29.8 Å². The van der Waals surface area contributed by atoms with Gasteiger partial charge in [0.2, 0.25) is 0 Å². The molecule has 0 heterocycles. The van der Waals surface area contributed by atoms with Crippen molar-refractivity contribution >= 4 is 27.5 Å². The summed E-state index contributed by atoms with van der Waals surface area (Å²) in [5.74, 6) is 1.41. The molecule has 0 saturated carbocycles. The Morgan fingerprint density at radius 3 is 2.50 bits per heavy atom. The fraction of sp³-hybridized carbons (Fsp3) is 0.538. The number of rotatable bonds is 6. The summed E-state index contributed by atoms with van der Waals surface area (Å²) in [5.41, 5.74) is 1.17. The highest BCUT2D eigenvalue weighted by atomic mass is 79.9. The van der Waals surface area contributed by atoms with Crippen LogP contribution in [0.5, 0.6) is 5.75 Å². The zero-order valence-electron chi connectivity index (χ0n) is 9.80. The molecule has 0 saturated heterocycles. The van der Waals surface area contributed by atoms with E-state index in [1.54, 1.807) is 0 Å². The fourth-order valence-corrected chi connectivity index (χ4v) is 2.08. The van der Waals surface area contributed by atoms with Crippen molar-refractivity contribution in [1.82, 2.24) is 0 Å². The smallest absolute Gasteiger partial charge is 0.137 e. The molecule has 0 aliphatic heterocycles. The van der Waals surface area contributed by atoms with Gasteiger partial charge in [0.05, 0.1) is 11.6 Å². The molecule has 0 radical (unpaired) electrons. The van der Waals surface area contributed by atoms with Crippen molar-refractivity contribution in [3.8, 4) is 5.75 Å². The predicted molar refractivity (Wildman–Crippen MR) is 73.7 cm³/mol. The predicted octanol–water partition coefficient (Wildman–Crippen LogP) is 5.05. The van der Waals surface area contributed by atoms with Crippen LogP contribution in [0, 0.1) is 5.92 Å². The van der Waals surface area contributed by atoms with Gasteiger partial charge in [0.15, 0.2) is 0 Å². The van der Waals surface area contributed by atoms with Crippen molar-refractivity contribution in [1.29, 1.82) is 0 Å². The van der Waals surface area contributed by atoms with E-state index >= 15 is 0 Å². The summed E-state index contributed by atoms with van der Waals surface area (Å²) < 4.78 is 5.73. The standard InChI is InChI=1S/C13H18BrClO/c1-3-10(4-2)9-16-13-6-5-11(8-14)7-12(13)15/h5-7,10H,3-4,8-9H2,1-2H3. The third-order valence-corrected chi connectivity index (χ3v) is 3.72. The highest BCUT2D eigenvalue weighted by Crippen LogP contribution is 2.27. The SMILES string of the molecule is CCC(CC)COc1ccc(CBr)cc1Cl. The summed E-state index contributed by atoms with van der Waals surface area (Å²) in [6.45, 7) is 5.13. The van der Waals surface area contributed by atoms with E-state index in [9.17, 15) is 0 Å². The first kappa shape index (κ1) is 13.9. The Morgan fingerprint density at radius 1 is 1.31 bits per heavy atom. The topological polar surface area (TPSA) is 9.23 Å². The molecule has 1 rings (SSSR count). The van der Waals surface area contributed by atoms with Crippen LogP contribution >= 0.6 is 27.5 Å². The maximum Gasteiger partial charge on any atom is 0.137 e. The quantitative estimate of drug-likeness (QED) is 0.668. The maximum atomic E-state index is 6.13. The van der Waals surface area contributed by atoms with Gasteiger partial charge in [0, 0.05) is 5.33 Å². The second-order valence-corrected chi connectivity index (χ2v) is 4.86. The van der Waals surface area contributed by atoms with Crippen molar-refractivity contribution in [3.05, 3.63) is 28.8 Å². The largest absolute Gasteiger partial charge is 0.492 e. The summed E-state index contributed by atoms with van der Waals surface area (Å²) in [5, 5.41) is 1.52. The van der Waals surface area contributed by atoms with Crippen LogP contribution in [0.1, 0.15) is 32.3 Å². The Bertz CT molecular complexity index is 324. The van der Waals surface area contributed by atoms with Gasteiger partial charge in [0.1, 0.15) is 5.75 Å². The molecule has 0 N–H and O–H groups in total. The zero-order valence-corrected chi connectivity index (χ0v) is 12.1. The van der Waals surface area contributed by atoms with Crippen LogP contribution in [0.25, 0.3) is 0 Å². The number of ether oxygens (including phenoxy) is 1. The fourth-order valence-electron chi connectivity index (χ4n) is 1.48. The van der Waals surface area contributed by atoms with Crippen molar-refractivity contribution < 1.29 is 4.74 Å². The van der Waals surface area contributed by atoms with Crippen molar-refractivity contribution in [3.63, 3.8) is 0 Å². The number of halogens is 2. The number of benzene rings is 1. The Kier molecular flexibility index (Phi) is 6.22. The minimum Gasteiger partial charge on any atom is -0.492 e. The minimum atomic E-state index is 0.618. The average molecular weight is 306 g/mol. The van der Waals surface area contributed by atoms with E-state index in [1.807, 2.05) is 18.2 Å². The van der Waals surface area contributed by atoms with Gasteiger partial charge in [-0.1, -0.05) is 60.3 Å². The second kappa shape index (κ2) is 7.18. The van der Waals surface area contributed by atoms with Crippen LogP contribution in [0.3, 0.4) is 0 Å². The summed E-state index contributed by atoms with van der Waals surface area (Å²) in [6.07, 6.45) is 2.29. The first-order chi connectivity index (χ1) is 7.71. The lowest BCUT2D eigenvalue weighted by molar-refractivity contribution is 0.240. The molecule has 3 heteroatoms. The van der Waals surface area contributed by atoms with Crippen LogP contribution in [-0.4, -0.2) is 6.61 Å². The van der Waals surface area contributed by atoms with E-state index in [0.717, 1.165) is 30.5 Å². The first-order valence-electron chi connectivity index (χ1n) is 5.68. The highest BCUT2D eigenvalue weighted by molar-refractivity contribution is 9.08. The molecular formula is C13H18BrClO. The molecule has 0 atom stereocenters. The summed E-state index contributed by atoms with van der Waals surface area (Å²) in [7, 11) is 0. The molecule has 0 spiro atoms. The van der Waals surface area contributed by atoms with E-state index in [4.69, 9.17) is 16.3 Å². The van der Waals surface area contributed by atoms with E-state index in [0.29, 0.717) is 10.9 Å². The summed E-state index contributed by atoms with van der Waals surface area (Å²) in [4.78, 5) is 0. The Labute approximate surface area is 111 Å². The molecule has 1 nitrogen and oxygen atoms in total. The second-order valence-electron chi connectivity index (χ2n) is 3.89. The average Bonchev–Trinajstić information content (AvgIpc) is 2.32. The number of hydrogen-bond acceptors (Lipinski definition) is 1. The van der Waals surface area contributed by atoms with Crippen molar-refractivity contribution in [2.24, 2.45) is 5.92 Å². The van der Waals surface area contributed by atoms with E-state index < -0.39 is 0 Å². The highest BCUT2D eigenvalue weighted by Gasteiger charge is 2.07. The van der Waals surface area contributed by atoms with Gasteiger partial charge in [0.25, 0.3) is 0 Å². The Morgan fingerprint density at radius 2 is 2.00 bits per heavy atom.